The molecule has 92 valence electrons. The Bertz CT molecular complexity index is 250. The molecule has 1 saturated heterocycles. The van der Waals surface area contributed by atoms with E-state index in [0.717, 1.165) is 25.8 Å². The standard InChI is InChI=1S/C11H21N3O2/c1-12-10(15)6-8-14(2)11(16)9-5-3-4-7-13-9/h9,13H,3-8H2,1-2H3,(H,12,15)/t9-/m1/s1. The highest BCUT2D eigenvalue weighted by molar-refractivity contribution is 5.82. The third kappa shape index (κ3) is 3.81. The molecular weight excluding hydrogens is 206 g/mol. The lowest BCUT2D eigenvalue weighted by Gasteiger charge is -2.27. The molecule has 0 spiro atoms. The fourth-order valence-corrected chi connectivity index (χ4v) is 1.83. The summed E-state index contributed by atoms with van der Waals surface area (Å²) in [6, 6.07) is -0.0524. The molecule has 1 rings (SSSR count). The van der Waals surface area contributed by atoms with Gasteiger partial charge in [-0.1, -0.05) is 6.42 Å². The summed E-state index contributed by atoms with van der Waals surface area (Å²) in [5.41, 5.74) is 0. The summed E-state index contributed by atoms with van der Waals surface area (Å²) < 4.78 is 0. The summed E-state index contributed by atoms with van der Waals surface area (Å²) in [5, 5.41) is 5.76. The van der Waals surface area contributed by atoms with Gasteiger partial charge in [0.05, 0.1) is 6.04 Å². The Balaban J connectivity index is 2.31. The van der Waals surface area contributed by atoms with Crippen LogP contribution in [0.25, 0.3) is 0 Å². The van der Waals surface area contributed by atoms with Crippen molar-refractivity contribution in [1.29, 1.82) is 0 Å². The quantitative estimate of drug-likeness (QED) is 0.694. The zero-order chi connectivity index (χ0) is 12.0. The normalized spacial score (nSPS) is 20.2. The number of likely N-dealkylation sites (N-methyl/N-ethyl adjacent to an activating group) is 1. The fraction of sp³-hybridized carbons (Fsp3) is 0.818. The molecule has 16 heavy (non-hydrogen) atoms. The second-order valence-electron chi connectivity index (χ2n) is 4.19. The highest BCUT2D eigenvalue weighted by Crippen LogP contribution is 2.09. The van der Waals surface area contributed by atoms with Gasteiger partial charge in [0.25, 0.3) is 0 Å². The van der Waals surface area contributed by atoms with Crippen molar-refractivity contribution in [3.05, 3.63) is 0 Å². The molecule has 0 aliphatic carbocycles. The average Bonchev–Trinajstić information content (AvgIpc) is 2.35. The molecule has 2 amide bonds. The molecule has 1 atom stereocenters. The number of amides is 2. The Kier molecular flexibility index (Phi) is 5.25. The van der Waals surface area contributed by atoms with Crippen molar-refractivity contribution in [1.82, 2.24) is 15.5 Å². The number of rotatable bonds is 4. The number of carbonyl (C=O) groups excluding carboxylic acids is 2. The van der Waals surface area contributed by atoms with Crippen LogP contribution in [0.2, 0.25) is 0 Å². The van der Waals surface area contributed by atoms with Crippen molar-refractivity contribution < 1.29 is 9.59 Å². The molecule has 1 aliphatic rings. The van der Waals surface area contributed by atoms with Crippen LogP contribution in [0.1, 0.15) is 25.7 Å². The molecule has 1 fully saturated rings. The summed E-state index contributed by atoms with van der Waals surface area (Å²) in [6.07, 6.45) is 3.52. The zero-order valence-electron chi connectivity index (χ0n) is 10.1. The first-order valence-corrected chi connectivity index (χ1v) is 5.84. The van der Waals surface area contributed by atoms with Gasteiger partial charge in [0, 0.05) is 27.1 Å². The Morgan fingerprint density at radius 3 is 2.75 bits per heavy atom. The highest BCUT2D eigenvalue weighted by Gasteiger charge is 2.23. The van der Waals surface area contributed by atoms with Crippen LogP contribution >= 0.6 is 0 Å². The number of hydrogen-bond donors (Lipinski definition) is 2. The molecule has 0 bridgehead atoms. The van der Waals surface area contributed by atoms with Crippen LogP contribution in [-0.4, -0.2) is 49.9 Å². The topological polar surface area (TPSA) is 61.4 Å². The van der Waals surface area contributed by atoms with E-state index in [-0.39, 0.29) is 17.9 Å². The van der Waals surface area contributed by atoms with Gasteiger partial charge in [-0.25, -0.2) is 0 Å². The number of carbonyl (C=O) groups is 2. The van der Waals surface area contributed by atoms with E-state index in [2.05, 4.69) is 10.6 Å². The van der Waals surface area contributed by atoms with E-state index in [1.165, 1.54) is 0 Å². The molecule has 0 aromatic rings. The second kappa shape index (κ2) is 6.48. The molecule has 0 saturated carbocycles. The summed E-state index contributed by atoms with van der Waals surface area (Å²) in [7, 11) is 3.36. The molecular formula is C11H21N3O2. The van der Waals surface area contributed by atoms with E-state index in [9.17, 15) is 9.59 Å². The molecule has 5 heteroatoms. The van der Waals surface area contributed by atoms with Crippen molar-refractivity contribution in [3.63, 3.8) is 0 Å². The monoisotopic (exact) mass is 227 g/mol. The SMILES string of the molecule is CNC(=O)CCN(C)C(=O)[C@H]1CCCCN1. The van der Waals surface area contributed by atoms with Crippen molar-refractivity contribution in [3.8, 4) is 0 Å². The lowest BCUT2D eigenvalue weighted by molar-refractivity contribution is -0.133. The highest BCUT2D eigenvalue weighted by atomic mass is 16.2. The zero-order valence-corrected chi connectivity index (χ0v) is 10.1. The van der Waals surface area contributed by atoms with Crippen molar-refractivity contribution in [2.45, 2.75) is 31.7 Å². The molecule has 0 aromatic carbocycles. The smallest absolute Gasteiger partial charge is 0.239 e. The minimum Gasteiger partial charge on any atom is -0.359 e. The predicted octanol–water partition coefficient (Wildman–Crippen LogP) is -0.277. The fourth-order valence-electron chi connectivity index (χ4n) is 1.83. The number of hydrogen-bond acceptors (Lipinski definition) is 3. The Morgan fingerprint density at radius 1 is 1.44 bits per heavy atom. The molecule has 5 nitrogen and oxygen atoms in total. The van der Waals surface area contributed by atoms with E-state index in [0.29, 0.717) is 13.0 Å². The van der Waals surface area contributed by atoms with E-state index in [1.807, 2.05) is 0 Å². The van der Waals surface area contributed by atoms with Crippen molar-refractivity contribution in [2.75, 3.05) is 27.2 Å². The van der Waals surface area contributed by atoms with Gasteiger partial charge in [0.2, 0.25) is 11.8 Å². The third-order valence-corrected chi connectivity index (χ3v) is 2.94. The average molecular weight is 227 g/mol. The minimum absolute atomic E-state index is 0.0312. The van der Waals surface area contributed by atoms with Crippen LogP contribution in [-0.2, 0) is 9.59 Å². The van der Waals surface area contributed by atoms with Gasteiger partial charge in [-0.15, -0.1) is 0 Å². The maximum atomic E-state index is 11.9. The van der Waals surface area contributed by atoms with Crippen LogP contribution in [0.5, 0.6) is 0 Å². The van der Waals surface area contributed by atoms with Gasteiger partial charge < -0.3 is 15.5 Å². The van der Waals surface area contributed by atoms with Gasteiger partial charge in [-0.3, -0.25) is 9.59 Å². The first-order valence-electron chi connectivity index (χ1n) is 5.84. The van der Waals surface area contributed by atoms with E-state index < -0.39 is 0 Å². The van der Waals surface area contributed by atoms with Gasteiger partial charge in [-0.05, 0) is 19.4 Å². The maximum Gasteiger partial charge on any atom is 0.239 e. The Hall–Kier alpha value is -1.10. The van der Waals surface area contributed by atoms with Crippen LogP contribution in [0, 0.1) is 0 Å². The van der Waals surface area contributed by atoms with Crippen LogP contribution in [0.15, 0.2) is 0 Å². The van der Waals surface area contributed by atoms with Gasteiger partial charge >= 0.3 is 0 Å². The minimum atomic E-state index is -0.0524. The van der Waals surface area contributed by atoms with Gasteiger partial charge in [-0.2, -0.15) is 0 Å². The summed E-state index contributed by atoms with van der Waals surface area (Å²) >= 11 is 0. The predicted molar refractivity (Wildman–Crippen MR) is 62.0 cm³/mol. The van der Waals surface area contributed by atoms with E-state index in [1.54, 1.807) is 19.0 Å². The van der Waals surface area contributed by atoms with Crippen LogP contribution in [0.3, 0.4) is 0 Å². The first kappa shape index (κ1) is 13.0. The summed E-state index contributed by atoms with van der Waals surface area (Å²) in [6.45, 7) is 1.40. The lowest BCUT2D eigenvalue weighted by atomic mass is 10.0. The van der Waals surface area contributed by atoms with Crippen LogP contribution in [0.4, 0.5) is 0 Å². The van der Waals surface area contributed by atoms with Crippen LogP contribution < -0.4 is 10.6 Å². The third-order valence-electron chi connectivity index (χ3n) is 2.94. The molecule has 1 aliphatic heterocycles. The first-order chi connectivity index (χ1) is 7.65. The lowest BCUT2D eigenvalue weighted by Crippen LogP contribution is -2.47. The number of nitrogens with one attached hydrogen (secondary N) is 2. The second-order valence-corrected chi connectivity index (χ2v) is 4.19. The summed E-state index contributed by atoms with van der Waals surface area (Å²) in [5.74, 6) is 0.0693. The molecule has 1 heterocycles. The molecule has 0 radical (unpaired) electrons. The van der Waals surface area contributed by atoms with Gasteiger partial charge in [0.1, 0.15) is 0 Å². The number of nitrogens with zero attached hydrogens (tertiary/aromatic N) is 1. The van der Waals surface area contributed by atoms with Crippen molar-refractivity contribution >= 4 is 11.8 Å². The van der Waals surface area contributed by atoms with Gasteiger partial charge in [0.15, 0.2) is 0 Å². The Morgan fingerprint density at radius 2 is 2.19 bits per heavy atom. The summed E-state index contributed by atoms with van der Waals surface area (Å²) in [4.78, 5) is 24.6. The molecule has 2 N–H and O–H groups in total. The van der Waals surface area contributed by atoms with Crippen molar-refractivity contribution in [2.24, 2.45) is 0 Å². The maximum absolute atomic E-state index is 11.9. The number of piperidine rings is 1. The molecule has 0 aromatic heterocycles. The van der Waals surface area contributed by atoms with E-state index in [4.69, 9.17) is 0 Å². The van der Waals surface area contributed by atoms with E-state index >= 15 is 0 Å². The largest absolute Gasteiger partial charge is 0.359 e. The molecule has 0 unspecified atom stereocenters. The Labute approximate surface area is 96.6 Å².